The zero-order valence-electron chi connectivity index (χ0n) is 11.8. The number of aliphatic hydroxyl groups is 1. The lowest BCUT2D eigenvalue weighted by molar-refractivity contribution is 0.0916. The highest BCUT2D eigenvalue weighted by atomic mass is 79.9. The highest BCUT2D eigenvalue weighted by Crippen LogP contribution is 2.16. The van der Waals surface area contributed by atoms with E-state index in [2.05, 4.69) is 21.2 Å². The number of carbonyl (C=O) groups is 1. The number of halogens is 1. The van der Waals surface area contributed by atoms with Gasteiger partial charge in [-0.1, -0.05) is 46.3 Å². The third kappa shape index (κ3) is 4.41. The monoisotopic (exact) mass is 347 g/mol. The minimum atomic E-state index is -0.289. The van der Waals surface area contributed by atoms with Crippen LogP contribution in [0.3, 0.4) is 0 Å². The van der Waals surface area contributed by atoms with E-state index in [-0.39, 0.29) is 18.6 Å². The molecule has 0 spiro atoms. The number of hydrogen-bond donors (Lipinski definition) is 2. The van der Waals surface area contributed by atoms with E-state index in [1.54, 1.807) is 6.07 Å². The van der Waals surface area contributed by atoms with E-state index in [9.17, 15) is 9.90 Å². The molecule has 1 atom stereocenters. The fraction of sp³-hybridized carbons (Fsp3) is 0.235. The molecule has 3 nitrogen and oxygen atoms in total. The smallest absolute Gasteiger partial charge is 0.251 e. The maximum atomic E-state index is 12.3. The van der Waals surface area contributed by atoms with Crippen LogP contribution in [0, 0.1) is 6.92 Å². The molecule has 0 aliphatic heterocycles. The molecule has 1 amide bonds. The fourth-order valence-electron chi connectivity index (χ4n) is 2.20. The van der Waals surface area contributed by atoms with Crippen LogP contribution in [0.1, 0.15) is 21.5 Å². The van der Waals surface area contributed by atoms with Crippen LogP contribution in [0.25, 0.3) is 0 Å². The van der Waals surface area contributed by atoms with Crippen molar-refractivity contribution in [2.75, 3.05) is 6.61 Å². The Morgan fingerprint density at radius 1 is 1.24 bits per heavy atom. The number of hydrogen-bond acceptors (Lipinski definition) is 2. The maximum absolute atomic E-state index is 12.3. The summed E-state index contributed by atoms with van der Waals surface area (Å²) in [5.41, 5.74) is 2.62. The molecule has 0 aromatic heterocycles. The van der Waals surface area contributed by atoms with E-state index in [1.807, 2.05) is 49.4 Å². The third-order valence-corrected chi connectivity index (χ3v) is 3.81. The Kier molecular flexibility index (Phi) is 5.53. The molecule has 0 fully saturated rings. The fourth-order valence-corrected chi connectivity index (χ4v) is 2.68. The normalized spacial score (nSPS) is 12.0. The van der Waals surface area contributed by atoms with Gasteiger partial charge in [0.05, 0.1) is 12.6 Å². The highest BCUT2D eigenvalue weighted by molar-refractivity contribution is 9.10. The van der Waals surface area contributed by atoms with Gasteiger partial charge in [0.15, 0.2) is 0 Å². The summed E-state index contributed by atoms with van der Waals surface area (Å²) in [7, 11) is 0. The summed E-state index contributed by atoms with van der Waals surface area (Å²) >= 11 is 3.38. The van der Waals surface area contributed by atoms with Crippen LogP contribution in [-0.4, -0.2) is 23.7 Å². The molecule has 0 saturated carbocycles. The Morgan fingerprint density at radius 2 is 1.95 bits per heavy atom. The highest BCUT2D eigenvalue weighted by Gasteiger charge is 2.15. The van der Waals surface area contributed by atoms with Crippen LogP contribution in [0.4, 0.5) is 0 Å². The van der Waals surface area contributed by atoms with Crippen LogP contribution in [0.2, 0.25) is 0 Å². The van der Waals surface area contributed by atoms with Gasteiger partial charge in [0.1, 0.15) is 0 Å². The molecule has 2 N–H and O–H groups in total. The second-order valence-corrected chi connectivity index (χ2v) is 5.92. The zero-order valence-corrected chi connectivity index (χ0v) is 13.4. The summed E-state index contributed by atoms with van der Waals surface area (Å²) in [6.07, 6.45) is 0.610. The molecule has 0 aliphatic rings. The SMILES string of the molecule is Cc1cc(Br)ccc1C(=O)N[C@H](CO)Cc1ccccc1. The molecule has 0 unspecified atom stereocenters. The summed E-state index contributed by atoms with van der Waals surface area (Å²) in [5.74, 6) is -0.157. The lowest BCUT2D eigenvalue weighted by atomic mass is 10.0. The van der Waals surface area contributed by atoms with Gasteiger partial charge in [-0.2, -0.15) is 0 Å². The van der Waals surface area contributed by atoms with E-state index in [0.717, 1.165) is 15.6 Å². The molecule has 2 aromatic rings. The molecular formula is C17H18BrNO2. The van der Waals surface area contributed by atoms with Crippen molar-refractivity contribution in [2.45, 2.75) is 19.4 Å². The molecular weight excluding hydrogens is 330 g/mol. The maximum Gasteiger partial charge on any atom is 0.251 e. The summed E-state index contributed by atoms with van der Waals surface area (Å²) in [6, 6.07) is 15.1. The minimum absolute atomic E-state index is 0.0871. The first-order valence-corrected chi connectivity index (χ1v) is 7.61. The predicted molar refractivity (Wildman–Crippen MR) is 87.4 cm³/mol. The Balaban J connectivity index is 2.06. The lowest BCUT2D eigenvalue weighted by Crippen LogP contribution is -2.39. The van der Waals surface area contributed by atoms with E-state index >= 15 is 0 Å². The Hall–Kier alpha value is -1.65. The van der Waals surface area contributed by atoms with Gasteiger partial charge < -0.3 is 10.4 Å². The van der Waals surface area contributed by atoms with Crippen LogP contribution >= 0.6 is 15.9 Å². The van der Waals surface area contributed by atoms with Crippen molar-refractivity contribution in [3.63, 3.8) is 0 Å². The number of benzene rings is 2. The molecule has 0 bridgehead atoms. The summed E-state index contributed by atoms with van der Waals surface area (Å²) in [5, 5.41) is 12.4. The standard InChI is InChI=1S/C17H18BrNO2/c1-12-9-14(18)7-8-16(12)17(21)19-15(11-20)10-13-5-3-2-4-6-13/h2-9,15,20H,10-11H2,1H3,(H,19,21)/t15-/m0/s1. The second kappa shape index (κ2) is 7.38. The Labute approximate surface area is 133 Å². The van der Waals surface area contributed by atoms with Crippen LogP contribution < -0.4 is 5.32 Å². The van der Waals surface area contributed by atoms with E-state index in [1.165, 1.54) is 0 Å². The molecule has 110 valence electrons. The molecule has 0 aliphatic carbocycles. The molecule has 4 heteroatoms. The molecule has 0 saturated heterocycles. The first-order chi connectivity index (χ1) is 10.1. The summed E-state index contributed by atoms with van der Waals surface area (Å²) in [6.45, 7) is 1.81. The van der Waals surface area contributed by atoms with Crippen LogP contribution in [0.15, 0.2) is 53.0 Å². The number of aliphatic hydroxyl groups excluding tert-OH is 1. The summed E-state index contributed by atoms with van der Waals surface area (Å²) < 4.78 is 0.944. The van der Waals surface area contributed by atoms with Crippen molar-refractivity contribution in [3.05, 3.63) is 69.7 Å². The molecule has 21 heavy (non-hydrogen) atoms. The molecule has 0 heterocycles. The summed E-state index contributed by atoms with van der Waals surface area (Å²) in [4.78, 5) is 12.3. The van der Waals surface area contributed by atoms with Gasteiger partial charge in [0.2, 0.25) is 0 Å². The van der Waals surface area contributed by atoms with Crippen LogP contribution in [-0.2, 0) is 6.42 Å². The number of amides is 1. The number of carbonyl (C=O) groups excluding carboxylic acids is 1. The van der Waals surface area contributed by atoms with E-state index < -0.39 is 0 Å². The van der Waals surface area contributed by atoms with Crippen LogP contribution in [0.5, 0.6) is 0 Å². The zero-order chi connectivity index (χ0) is 15.2. The first-order valence-electron chi connectivity index (χ1n) is 6.82. The molecule has 0 radical (unpaired) electrons. The lowest BCUT2D eigenvalue weighted by Gasteiger charge is -2.17. The predicted octanol–water partition coefficient (Wildman–Crippen LogP) is 3.09. The Bertz CT molecular complexity index is 613. The Morgan fingerprint density at radius 3 is 2.57 bits per heavy atom. The van der Waals surface area contributed by atoms with Gasteiger partial charge in [-0.3, -0.25) is 4.79 Å². The van der Waals surface area contributed by atoms with Gasteiger partial charge in [-0.15, -0.1) is 0 Å². The first kappa shape index (κ1) is 15.7. The van der Waals surface area contributed by atoms with E-state index in [4.69, 9.17) is 0 Å². The number of rotatable bonds is 5. The van der Waals surface area contributed by atoms with Crippen molar-refractivity contribution in [3.8, 4) is 0 Å². The topological polar surface area (TPSA) is 49.3 Å². The van der Waals surface area contributed by atoms with Gasteiger partial charge in [-0.25, -0.2) is 0 Å². The van der Waals surface area contributed by atoms with Gasteiger partial charge in [0.25, 0.3) is 5.91 Å². The van der Waals surface area contributed by atoms with Crippen molar-refractivity contribution < 1.29 is 9.90 Å². The second-order valence-electron chi connectivity index (χ2n) is 5.00. The van der Waals surface area contributed by atoms with E-state index in [0.29, 0.717) is 12.0 Å². The largest absolute Gasteiger partial charge is 0.394 e. The average molecular weight is 348 g/mol. The van der Waals surface area contributed by atoms with Crippen molar-refractivity contribution in [1.29, 1.82) is 0 Å². The quantitative estimate of drug-likeness (QED) is 0.872. The number of nitrogens with one attached hydrogen (secondary N) is 1. The van der Waals surface area contributed by atoms with Crippen molar-refractivity contribution in [1.82, 2.24) is 5.32 Å². The third-order valence-electron chi connectivity index (χ3n) is 3.31. The average Bonchev–Trinajstić information content (AvgIpc) is 2.47. The van der Waals surface area contributed by atoms with Gasteiger partial charge in [0, 0.05) is 10.0 Å². The van der Waals surface area contributed by atoms with Gasteiger partial charge >= 0.3 is 0 Å². The van der Waals surface area contributed by atoms with Crippen molar-refractivity contribution in [2.24, 2.45) is 0 Å². The minimum Gasteiger partial charge on any atom is -0.394 e. The molecule has 2 rings (SSSR count). The molecule has 2 aromatic carbocycles. The number of aryl methyl sites for hydroxylation is 1. The van der Waals surface area contributed by atoms with Gasteiger partial charge in [-0.05, 0) is 42.7 Å². The van der Waals surface area contributed by atoms with Crippen molar-refractivity contribution >= 4 is 21.8 Å².